The van der Waals surface area contributed by atoms with Gasteiger partial charge in [0.15, 0.2) is 15.2 Å². The lowest BCUT2D eigenvalue weighted by molar-refractivity contribution is -0.113. The third kappa shape index (κ3) is 3.69. The van der Waals surface area contributed by atoms with Crippen LogP contribution in [-0.4, -0.2) is 27.4 Å². The maximum Gasteiger partial charge on any atom is 0.257 e. The molecule has 0 saturated heterocycles. The van der Waals surface area contributed by atoms with Gasteiger partial charge in [-0.25, -0.2) is 9.97 Å². The molecule has 2 aromatic carbocycles. The molecule has 0 atom stereocenters. The van der Waals surface area contributed by atoms with Gasteiger partial charge in [0.05, 0.1) is 28.7 Å². The number of rotatable bonds is 5. The van der Waals surface area contributed by atoms with Gasteiger partial charge < -0.3 is 4.74 Å². The van der Waals surface area contributed by atoms with E-state index >= 15 is 0 Å². The smallest absolute Gasteiger partial charge is 0.257 e. The minimum Gasteiger partial charge on any atom is -0.497 e. The minimum atomic E-state index is -0.256. The molecule has 6 nitrogen and oxygen atoms in total. The van der Waals surface area contributed by atoms with Gasteiger partial charge in [0.2, 0.25) is 0 Å². The molecule has 0 unspecified atom stereocenters. The first kappa shape index (κ1) is 19.7. The van der Waals surface area contributed by atoms with Gasteiger partial charge in [-0.1, -0.05) is 41.1 Å². The number of halogens is 1. The van der Waals surface area contributed by atoms with Gasteiger partial charge in [-0.05, 0) is 30.3 Å². The fourth-order valence-corrected chi connectivity index (χ4v) is 5.19. The number of anilines is 2. The highest BCUT2D eigenvalue weighted by atomic mass is 35.5. The fourth-order valence-electron chi connectivity index (χ4n) is 3.19. The van der Waals surface area contributed by atoms with Crippen molar-refractivity contribution >= 4 is 72.3 Å². The summed E-state index contributed by atoms with van der Waals surface area (Å²) in [5, 5.41) is 2.84. The third-order valence-corrected chi connectivity index (χ3v) is 6.70. The number of ether oxygens (including phenoxy) is 1. The normalized spacial score (nSPS) is 11.5. The predicted octanol–water partition coefficient (Wildman–Crippen LogP) is 6.05. The van der Waals surface area contributed by atoms with Gasteiger partial charge in [0.25, 0.3) is 5.91 Å². The molecule has 0 aliphatic heterocycles. The lowest BCUT2D eigenvalue weighted by Crippen LogP contribution is -2.23. The van der Waals surface area contributed by atoms with Crippen molar-refractivity contribution in [2.45, 2.75) is 0 Å². The number of fused-ring (bicyclic) bond motifs is 2. The van der Waals surface area contributed by atoms with Crippen molar-refractivity contribution in [3.63, 3.8) is 0 Å². The van der Waals surface area contributed by atoms with Crippen LogP contribution in [0.1, 0.15) is 5.69 Å². The highest BCUT2D eigenvalue weighted by Gasteiger charge is 2.21. The first-order valence-corrected chi connectivity index (χ1v) is 11.3. The summed E-state index contributed by atoms with van der Waals surface area (Å²) >= 11 is 9.20. The zero-order chi connectivity index (χ0) is 21.4. The molecule has 0 bridgehead atoms. The minimum absolute atomic E-state index is 0.256. The fraction of sp³-hybridized carbons (Fsp3) is 0.0455. The standard InChI is InChI=1S/C22H15ClN4O2S2/c1-29-15-6-4-5-14(13-15)27(22-24-16-7-2-3-8-18(16)31-22)19(28)10-9-17-20(23)25-21-26(17)11-12-30-21/h2-13H,1H3/b10-9-. The second-order valence-electron chi connectivity index (χ2n) is 6.52. The monoisotopic (exact) mass is 466 g/mol. The van der Waals surface area contributed by atoms with Gasteiger partial charge in [0.1, 0.15) is 5.75 Å². The number of carbonyl (C=O) groups excluding carboxylic acids is 1. The molecular weight excluding hydrogens is 452 g/mol. The number of benzene rings is 2. The Morgan fingerprint density at radius 2 is 2.06 bits per heavy atom. The van der Waals surface area contributed by atoms with Crippen molar-refractivity contribution in [2.75, 3.05) is 12.0 Å². The topological polar surface area (TPSA) is 59.7 Å². The lowest BCUT2D eigenvalue weighted by Gasteiger charge is -2.19. The molecule has 0 fully saturated rings. The van der Waals surface area contributed by atoms with Crippen molar-refractivity contribution < 1.29 is 9.53 Å². The zero-order valence-electron chi connectivity index (χ0n) is 16.2. The Bertz CT molecular complexity index is 1400. The first-order chi connectivity index (χ1) is 15.1. The Morgan fingerprint density at radius 3 is 2.90 bits per heavy atom. The number of nitrogens with zero attached hydrogens (tertiary/aromatic N) is 4. The van der Waals surface area contributed by atoms with Crippen LogP contribution in [0.3, 0.4) is 0 Å². The summed E-state index contributed by atoms with van der Waals surface area (Å²) in [6.45, 7) is 0. The summed E-state index contributed by atoms with van der Waals surface area (Å²) < 4.78 is 8.21. The Balaban J connectivity index is 1.58. The van der Waals surface area contributed by atoms with Crippen LogP contribution in [-0.2, 0) is 4.79 Å². The molecule has 3 aromatic heterocycles. The summed E-state index contributed by atoms with van der Waals surface area (Å²) in [5.74, 6) is 0.396. The molecule has 9 heteroatoms. The number of carbonyl (C=O) groups is 1. The van der Waals surface area contributed by atoms with Crippen molar-refractivity contribution in [3.05, 3.63) is 77.0 Å². The van der Waals surface area contributed by atoms with E-state index in [4.69, 9.17) is 16.3 Å². The van der Waals surface area contributed by atoms with E-state index in [1.165, 1.54) is 28.7 Å². The Hall–Kier alpha value is -3.20. The van der Waals surface area contributed by atoms with Crippen molar-refractivity contribution in [2.24, 2.45) is 0 Å². The summed E-state index contributed by atoms with van der Waals surface area (Å²) in [5.41, 5.74) is 2.15. The first-order valence-electron chi connectivity index (χ1n) is 9.27. The maximum absolute atomic E-state index is 13.4. The molecule has 5 aromatic rings. The number of hydrogen-bond acceptors (Lipinski definition) is 6. The zero-order valence-corrected chi connectivity index (χ0v) is 18.6. The third-order valence-electron chi connectivity index (χ3n) is 4.64. The number of imidazole rings is 1. The predicted molar refractivity (Wildman–Crippen MR) is 127 cm³/mol. The second-order valence-corrected chi connectivity index (χ2v) is 8.76. The molecular formula is C22H15ClN4O2S2. The number of amides is 1. The SMILES string of the molecule is COc1cccc(N(C(=O)/C=C\c2c(Cl)nc3sccn23)c2nc3ccccc3s2)c1. The number of hydrogen-bond donors (Lipinski definition) is 0. The van der Waals surface area contributed by atoms with Gasteiger partial charge in [-0.3, -0.25) is 14.1 Å². The van der Waals surface area contributed by atoms with E-state index < -0.39 is 0 Å². The highest BCUT2D eigenvalue weighted by molar-refractivity contribution is 7.22. The van der Waals surface area contributed by atoms with Crippen LogP contribution >= 0.6 is 34.3 Å². The van der Waals surface area contributed by atoms with Crippen LogP contribution < -0.4 is 9.64 Å². The van der Waals surface area contributed by atoms with E-state index in [1.807, 2.05) is 58.4 Å². The molecule has 0 spiro atoms. The Labute approximate surface area is 190 Å². The lowest BCUT2D eigenvalue weighted by atomic mass is 10.2. The van der Waals surface area contributed by atoms with E-state index in [0.29, 0.717) is 27.4 Å². The number of para-hydroxylation sites is 1. The van der Waals surface area contributed by atoms with Crippen LogP contribution in [0.15, 0.2) is 66.2 Å². The number of aromatic nitrogens is 3. The van der Waals surface area contributed by atoms with Gasteiger partial charge in [0, 0.05) is 23.7 Å². The molecule has 0 N–H and O–H groups in total. The molecule has 0 aliphatic rings. The van der Waals surface area contributed by atoms with Crippen molar-refractivity contribution in [3.8, 4) is 5.75 Å². The molecule has 0 saturated carbocycles. The van der Waals surface area contributed by atoms with E-state index in [9.17, 15) is 4.79 Å². The second kappa shape index (κ2) is 8.14. The summed E-state index contributed by atoms with van der Waals surface area (Å²) in [4.78, 5) is 24.7. The van der Waals surface area contributed by atoms with Gasteiger partial charge >= 0.3 is 0 Å². The van der Waals surface area contributed by atoms with E-state index in [1.54, 1.807) is 24.2 Å². The van der Waals surface area contributed by atoms with Gasteiger partial charge in [-0.2, -0.15) is 0 Å². The Morgan fingerprint density at radius 1 is 1.19 bits per heavy atom. The van der Waals surface area contributed by atoms with Crippen LogP contribution in [0.25, 0.3) is 21.3 Å². The molecule has 3 heterocycles. The van der Waals surface area contributed by atoms with E-state index in [2.05, 4.69) is 9.97 Å². The maximum atomic E-state index is 13.4. The molecule has 0 radical (unpaired) electrons. The van der Waals surface area contributed by atoms with Crippen molar-refractivity contribution in [1.29, 1.82) is 0 Å². The molecule has 1 amide bonds. The van der Waals surface area contributed by atoms with E-state index in [-0.39, 0.29) is 5.91 Å². The number of thiazole rings is 2. The number of methoxy groups -OCH3 is 1. The quantitative estimate of drug-likeness (QED) is 0.296. The molecule has 0 aliphatic carbocycles. The van der Waals surface area contributed by atoms with Crippen LogP contribution in [0.4, 0.5) is 10.8 Å². The average molecular weight is 467 g/mol. The summed E-state index contributed by atoms with van der Waals surface area (Å²) in [7, 11) is 1.59. The van der Waals surface area contributed by atoms with Gasteiger partial charge in [-0.15, -0.1) is 11.3 Å². The largest absolute Gasteiger partial charge is 0.497 e. The Kier molecular flexibility index (Phi) is 5.19. The molecule has 31 heavy (non-hydrogen) atoms. The molecule has 5 rings (SSSR count). The van der Waals surface area contributed by atoms with Crippen LogP contribution in [0.2, 0.25) is 5.15 Å². The highest BCUT2D eigenvalue weighted by Crippen LogP contribution is 2.35. The summed E-state index contributed by atoms with van der Waals surface area (Å²) in [6, 6.07) is 15.1. The summed E-state index contributed by atoms with van der Waals surface area (Å²) in [6.07, 6.45) is 5.03. The van der Waals surface area contributed by atoms with Crippen molar-refractivity contribution in [1.82, 2.24) is 14.4 Å². The van der Waals surface area contributed by atoms with E-state index in [0.717, 1.165) is 15.2 Å². The molecule has 154 valence electrons. The van der Waals surface area contributed by atoms with Crippen LogP contribution in [0.5, 0.6) is 5.75 Å². The van der Waals surface area contributed by atoms with Crippen LogP contribution in [0, 0.1) is 0 Å². The average Bonchev–Trinajstić information content (AvgIpc) is 3.47.